The first-order valence-corrected chi connectivity index (χ1v) is 5.74. The molecule has 1 aromatic carbocycles. The van der Waals surface area contributed by atoms with Crippen LogP contribution in [-0.4, -0.2) is 23.8 Å². The average Bonchev–Trinajstić information content (AvgIpc) is 2.30. The van der Waals surface area contributed by atoms with Crippen LogP contribution in [0.4, 0.5) is 4.39 Å². The molecule has 1 aliphatic rings. The van der Waals surface area contributed by atoms with Crippen LogP contribution >= 0.6 is 0 Å². The number of benzene rings is 1. The number of hydrogen-bond acceptors (Lipinski definition) is 2. The lowest BCUT2D eigenvalue weighted by Crippen LogP contribution is -2.50. The molecule has 88 valence electrons. The highest BCUT2D eigenvalue weighted by atomic mass is 19.1. The van der Waals surface area contributed by atoms with Gasteiger partial charge in [-0.2, -0.15) is 0 Å². The molecule has 2 rings (SSSR count). The summed E-state index contributed by atoms with van der Waals surface area (Å²) in [4.78, 5) is 0. The molecular weight excluding hydrogens is 205 g/mol. The minimum absolute atomic E-state index is 0.144. The molecule has 0 spiro atoms. The Hall–Kier alpha value is -0.930. The molecule has 2 atom stereocenters. The van der Waals surface area contributed by atoms with Gasteiger partial charge in [0, 0.05) is 5.54 Å². The normalized spacial score (nSPS) is 30.3. The van der Waals surface area contributed by atoms with E-state index in [1.807, 2.05) is 19.1 Å². The molecule has 1 heterocycles. The Kier molecular flexibility index (Phi) is 3.26. The highest BCUT2D eigenvalue weighted by molar-refractivity contribution is 5.22. The Labute approximate surface area is 95.5 Å². The van der Waals surface area contributed by atoms with E-state index >= 15 is 0 Å². The SMILES string of the molecule is CC1(CO)CC(c2ccc(F)cc2)CCN1. The van der Waals surface area contributed by atoms with Gasteiger partial charge in [-0.1, -0.05) is 12.1 Å². The molecule has 0 radical (unpaired) electrons. The molecule has 1 fully saturated rings. The summed E-state index contributed by atoms with van der Waals surface area (Å²) in [7, 11) is 0. The Morgan fingerprint density at radius 2 is 2.12 bits per heavy atom. The fourth-order valence-corrected chi connectivity index (χ4v) is 2.41. The van der Waals surface area contributed by atoms with Gasteiger partial charge in [0.2, 0.25) is 0 Å². The van der Waals surface area contributed by atoms with Crippen LogP contribution in [0.5, 0.6) is 0 Å². The lowest BCUT2D eigenvalue weighted by Gasteiger charge is -2.38. The molecular formula is C13H18FNO. The lowest BCUT2D eigenvalue weighted by molar-refractivity contribution is 0.137. The van der Waals surface area contributed by atoms with Gasteiger partial charge in [-0.15, -0.1) is 0 Å². The molecule has 1 aromatic rings. The van der Waals surface area contributed by atoms with Crippen LogP contribution in [0.1, 0.15) is 31.2 Å². The highest BCUT2D eigenvalue weighted by Gasteiger charge is 2.31. The van der Waals surface area contributed by atoms with Crippen molar-refractivity contribution in [3.8, 4) is 0 Å². The minimum Gasteiger partial charge on any atom is -0.394 e. The highest BCUT2D eigenvalue weighted by Crippen LogP contribution is 2.32. The van der Waals surface area contributed by atoms with Crippen LogP contribution < -0.4 is 5.32 Å². The van der Waals surface area contributed by atoms with Crippen molar-refractivity contribution in [2.75, 3.05) is 13.2 Å². The summed E-state index contributed by atoms with van der Waals surface area (Å²) in [5.41, 5.74) is 0.972. The number of aliphatic hydroxyl groups excluding tert-OH is 1. The van der Waals surface area contributed by atoms with Gasteiger partial charge in [0.05, 0.1) is 6.61 Å². The zero-order chi connectivity index (χ0) is 11.6. The van der Waals surface area contributed by atoms with Gasteiger partial charge >= 0.3 is 0 Å². The second-order valence-electron chi connectivity index (χ2n) is 4.89. The molecule has 0 amide bonds. The topological polar surface area (TPSA) is 32.3 Å². The second-order valence-corrected chi connectivity index (χ2v) is 4.89. The first-order chi connectivity index (χ1) is 7.63. The third kappa shape index (κ3) is 2.42. The fourth-order valence-electron chi connectivity index (χ4n) is 2.41. The average molecular weight is 223 g/mol. The first-order valence-electron chi connectivity index (χ1n) is 5.74. The summed E-state index contributed by atoms with van der Waals surface area (Å²) in [6.07, 6.45) is 1.94. The van der Waals surface area contributed by atoms with E-state index in [1.54, 1.807) is 0 Å². The van der Waals surface area contributed by atoms with E-state index in [2.05, 4.69) is 5.32 Å². The smallest absolute Gasteiger partial charge is 0.123 e. The summed E-state index contributed by atoms with van der Waals surface area (Å²) < 4.78 is 12.8. The van der Waals surface area contributed by atoms with Crippen molar-refractivity contribution in [3.05, 3.63) is 35.6 Å². The number of aliphatic hydroxyl groups is 1. The fraction of sp³-hybridized carbons (Fsp3) is 0.538. The van der Waals surface area contributed by atoms with E-state index < -0.39 is 0 Å². The third-order valence-electron chi connectivity index (χ3n) is 3.43. The van der Waals surface area contributed by atoms with Crippen LogP contribution in [0.15, 0.2) is 24.3 Å². The van der Waals surface area contributed by atoms with Crippen molar-refractivity contribution in [1.29, 1.82) is 0 Å². The van der Waals surface area contributed by atoms with Gasteiger partial charge in [0.1, 0.15) is 5.82 Å². The van der Waals surface area contributed by atoms with Gasteiger partial charge < -0.3 is 10.4 Å². The van der Waals surface area contributed by atoms with E-state index in [9.17, 15) is 9.50 Å². The van der Waals surface area contributed by atoms with Crippen molar-refractivity contribution >= 4 is 0 Å². The summed E-state index contributed by atoms with van der Waals surface area (Å²) in [5.74, 6) is 0.224. The van der Waals surface area contributed by atoms with Crippen molar-refractivity contribution in [1.82, 2.24) is 5.32 Å². The second kappa shape index (κ2) is 4.52. The molecule has 1 aliphatic heterocycles. The Balaban J connectivity index is 2.12. The molecule has 0 aromatic heterocycles. The molecule has 2 nitrogen and oxygen atoms in total. The van der Waals surface area contributed by atoms with Gasteiger partial charge in [0.15, 0.2) is 0 Å². The molecule has 0 saturated carbocycles. The van der Waals surface area contributed by atoms with Crippen molar-refractivity contribution in [3.63, 3.8) is 0 Å². The van der Waals surface area contributed by atoms with Crippen molar-refractivity contribution in [2.45, 2.75) is 31.2 Å². The number of rotatable bonds is 2. The van der Waals surface area contributed by atoms with Gasteiger partial charge in [-0.05, 0) is 49.9 Å². The minimum atomic E-state index is -0.197. The molecule has 1 saturated heterocycles. The summed E-state index contributed by atoms with van der Waals surface area (Å²) in [6.45, 7) is 3.08. The lowest BCUT2D eigenvalue weighted by atomic mass is 9.80. The Morgan fingerprint density at radius 1 is 1.44 bits per heavy atom. The van der Waals surface area contributed by atoms with E-state index in [0.717, 1.165) is 19.4 Å². The number of nitrogens with one attached hydrogen (secondary N) is 1. The summed E-state index contributed by atoms with van der Waals surface area (Å²) >= 11 is 0. The molecule has 0 aliphatic carbocycles. The maximum atomic E-state index is 12.8. The van der Waals surface area contributed by atoms with Crippen LogP contribution in [0, 0.1) is 5.82 Å². The van der Waals surface area contributed by atoms with Crippen molar-refractivity contribution < 1.29 is 9.50 Å². The largest absolute Gasteiger partial charge is 0.394 e. The van der Waals surface area contributed by atoms with Gasteiger partial charge in [-0.3, -0.25) is 0 Å². The van der Waals surface area contributed by atoms with E-state index in [1.165, 1.54) is 17.7 Å². The molecule has 16 heavy (non-hydrogen) atoms. The zero-order valence-electron chi connectivity index (χ0n) is 9.54. The molecule has 2 unspecified atom stereocenters. The predicted molar refractivity (Wildman–Crippen MR) is 61.9 cm³/mol. The standard InChI is InChI=1S/C13H18FNO/c1-13(9-16)8-11(6-7-15-13)10-2-4-12(14)5-3-10/h2-5,11,15-16H,6-9H2,1H3. The maximum Gasteiger partial charge on any atom is 0.123 e. The zero-order valence-corrected chi connectivity index (χ0v) is 9.54. The maximum absolute atomic E-state index is 12.8. The quantitative estimate of drug-likeness (QED) is 0.804. The predicted octanol–water partition coefficient (Wildman–Crippen LogP) is 2.04. The van der Waals surface area contributed by atoms with E-state index in [4.69, 9.17) is 0 Å². The molecule has 3 heteroatoms. The van der Waals surface area contributed by atoms with Gasteiger partial charge in [0.25, 0.3) is 0 Å². The van der Waals surface area contributed by atoms with Gasteiger partial charge in [-0.25, -0.2) is 4.39 Å². The van der Waals surface area contributed by atoms with Crippen LogP contribution in [0.2, 0.25) is 0 Å². The number of halogens is 1. The number of piperidine rings is 1. The Morgan fingerprint density at radius 3 is 2.75 bits per heavy atom. The molecule has 0 bridgehead atoms. The van der Waals surface area contributed by atoms with E-state index in [-0.39, 0.29) is 18.0 Å². The molecule has 2 N–H and O–H groups in total. The monoisotopic (exact) mass is 223 g/mol. The third-order valence-corrected chi connectivity index (χ3v) is 3.43. The Bertz CT molecular complexity index is 351. The van der Waals surface area contributed by atoms with Crippen LogP contribution in [0.3, 0.4) is 0 Å². The first kappa shape index (κ1) is 11.6. The summed E-state index contributed by atoms with van der Waals surface area (Å²) in [5, 5.41) is 12.7. The van der Waals surface area contributed by atoms with Crippen LogP contribution in [0.25, 0.3) is 0 Å². The number of hydrogen-bond donors (Lipinski definition) is 2. The van der Waals surface area contributed by atoms with Crippen molar-refractivity contribution in [2.24, 2.45) is 0 Å². The summed E-state index contributed by atoms with van der Waals surface area (Å²) in [6, 6.07) is 6.72. The van der Waals surface area contributed by atoms with E-state index in [0.29, 0.717) is 5.92 Å². The van der Waals surface area contributed by atoms with Crippen LogP contribution in [-0.2, 0) is 0 Å².